The van der Waals surface area contributed by atoms with E-state index in [0.717, 1.165) is 12.8 Å². The highest BCUT2D eigenvalue weighted by molar-refractivity contribution is 5.91. The van der Waals surface area contributed by atoms with Crippen LogP contribution in [0.2, 0.25) is 0 Å². The van der Waals surface area contributed by atoms with E-state index in [4.69, 9.17) is 4.42 Å². The van der Waals surface area contributed by atoms with Gasteiger partial charge < -0.3 is 9.32 Å². The van der Waals surface area contributed by atoms with E-state index in [-0.39, 0.29) is 11.9 Å². The van der Waals surface area contributed by atoms with Crippen molar-refractivity contribution in [1.29, 1.82) is 0 Å². The van der Waals surface area contributed by atoms with Crippen LogP contribution in [-0.2, 0) is 4.79 Å². The fraction of sp³-hybridized carbons (Fsp3) is 0.500. The van der Waals surface area contributed by atoms with Gasteiger partial charge in [-0.25, -0.2) is 0 Å². The summed E-state index contributed by atoms with van der Waals surface area (Å²) in [6, 6.07) is 3.52. The zero-order chi connectivity index (χ0) is 11.5. The molecule has 1 heterocycles. The first-order valence-corrected chi connectivity index (χ1v) is 5.51. The van der Waals surface area contributed by atoms with Gasteiger partial charge in [-0.2, -0.15) is 0 Å². The van der Waals surface area contributed by atoms with Gasteiger partial charge in [-0.1, -0.05) is 0 Å². The van der Waals surface area contributed by atoms with E-state index in [0.29, 0.717) is 24.4 Å². The smallest absolute Gasteiger partial charge is 0.289 e. The third kappa shape index (κ3) is 2.15. The fourth-order valence-corrected chi connectivity index (χ4v) is 2.05. The van der Waals surface area contributed by atoms with Gasteiger partial charge >= 0.3 is 0 Å². The van der Waals surface area contributed by atoms with Crippen LogP contribution in [0.5, 0.6) is 0 Å². The number of rotatable bonds is 2. The standard InChI is InChI=1S/C12H15NO3/c1-13(9-4-6-10(14)7-5-9)12(15)11-3-2-8-16-11/h2-3,8-9H,4-7H2,1H3. The molecular weight excluding hydrogens is 206 g/mol. The van der Waals surface area contributed by atoms with Crippen LogP contribution in [-0.4, -0.2) is 29.7 Å². The lowest BCUT2D eigenvalue weighted by Crippen LogP contribution is -2.39. The molecule has 0 bridgehead atoms. The molecule has 1 aliphatic carbocycles. The molecule has 1 amide bonds. The molecular formula is C12H15NO3. The molecule has 0 radical (unpaired) electrons. The fourth-order valence-electron chi connectivity index (χ4n) is 2.05. The van der Waals surface area contributed by atoms with Crippen molar-refractivity contribution in [3.05, 3.63) is 24.2 Å². The highest BCUT2D eigenvalue weighted by Crippen LogP contribution is 2.21. The molecule has 0 saturated heterocycles. The number of carbonyl (C=O) groups excluding carboxylic acids is 2. The van der Waals surface area contributed by atoms with E-state index in [2.05, 4.69) is 0 Å². The third-order valence-corrected chi connectivity index (χ3v) is 3.11. The molecule has 16 heavy (non-hydrogen) atoms. The lowest BCUT2D eigenvalue weighted by Gasteiger charge is -2.30. The first-order chi connectivity index (χ1) is 7.68. The van der Waals surface area contributed by atoms with Gasteiger partial charge in [0.1, 0.15) is 5.78 Å². The van der Waals surface area contributed by atoms with Gasteiger partial charge in [-0.15, -0.1) is 0 Å². The second-order valence-electron chi connectivity index (χ2n) is 4.16. The Morgan fingerprint density at radius 2 is 2.12 bits per heavy atom. The first kappa shape index (κ1) is 10.9. The number of hydrogen-bond donors (Lipinski definition) is 0. The van der Waals surface area contributed by atoms with Crippen LogP contribution in [0.25, 0.3) is 0 Å². The van der Waals surface area contributed by atoms with E-state index >= 15 is 0 Å². The van der Waals surface area contributed by atoms with Crippen molar-refractivity contribution in [1.82, 2.24) is 4.90 Å². The molecule has 86 valence electrons. The summed E-state index contributed by atoms with van der Waals surface area (Å²) in [6.07, 6.45) is 4.19. The van der Waals surface area contributed by atoms with Crippen LogP contribution in [0, 0.1) is 0 Å². The van der Waals surface area contributed by atoms with E-state index in [1.165, 1.54) is 6.26 Å². The molecule has 1 saturated carbocycles. The number of ketones is 1. The predicted molar refractivity (Wildman–Crippen MR) is 58.1 cm³/mol. The quantitative estimate of drug-likeness (QED) is 0.766. The van der Waals surface area contributed by atoms with Crippen molar-refractivity contribution >= 4 is 11.7 Å². The predicted octanol–water partition coefficient (Wildman–Crippen LogP) is 1.86. The van der Waals surface area contributed by atoms with Crippen LogP contribution >= 0.6 is 0 Å². The van der Waals surface area contributed by atoms with Gasteiger partial charge in [0.2, 0.25) is 0 Å². The van der Waals surface area contributed by atoms with Crippen molar-refractivity contribution in [3.8, 4) is 0 Å². The summed E-state index contributed by atoms with van der Waals surface area (Å²) >= 11 is 0. The summed E-state index contributed by atoms with van der Waals surface area (Å²) in [6.45, 7) is 0. The Kier molecular flexibility index (Phi) is 3.08. The molecule has 0 N–H and O–H groups in total. The maximum atomic E-state index is 11.9. The molecule has 0 atom stereocenters. The number of hydrogen-bond acceptors (Lipinski definition) is 3. The number of amides is 1. The Morgan fingerprint density at radius 3 is 2.69 bits per heavy atom. The highest BCUT2D eigenvalue weighted by Gasteiger charge is 2.26. The topological polar surface area (TPSA) is 50.5 Å². The molecule has 1 aromatic rings. The molecule has 0 aliphatic heterocycles. The second-order valence-corrected chi connectivity index (χ2v) is 4.16. The largest absolute Gasteiger partial charge is 0.459 e. The van der Waals surface area contributed by atoms with Gasteiger partial charge in [0.25, 0.3) is 5.91 Å². The average Bonchev–Trinajstić information content (AvgIpc) is 2.81. The minimum Gasteiger partial charge on any atom is -0.459 e. The van der Waals surface area contributed by atoms with E-state index < -0.39 is 0 Å². The molecule has 1 aromatic heterocycles. The maximum absolute atomic E-state index is 11.9. The summed E-state index contributed by atoms with van der Waals surface area (Å²) in [5.74, 6) is 0.554. The van der Waals surface area contributed by atoms with Crippen molar-refractivity contribution in [2.24, 2.45) is 0 Å². The normalized spacial score (nSPS) is 17.4. The number of furan rings is 1. The Hall–Kier alpha value is -1.58. The second kappa shape index (κ2) is 4.51. The van der Waals surface area contributed by atoms with E-state index in [1.54, 1.807) is 24.1 Å². The van der Waals surface area contributed by atoms with Gasteiger partial charge in [0.05, 0.1) is 6.26 Å². The SMILES string of the molecule is CN(C(=O)c1ccco1)C1CCC(=O)CC1. The zero-order valence-electron chi connectivity index (χ0n) is 9.31. The first-order valence-electron chi connectivity index (χ1n) is 5.51. The number of carbonyl (C=O) groups is 2. The number of Topliss-reactive ketones (excluding diaryl/α,β-unsaturated/α-hetero) is 1. The Balaban J connectivity index is 1.99. The Labute approximate surface area is 94.2 Å². The van der Waals surface area contributed by atoms with Crippen LogP contribution in [0.15, 0.2) is 22.8 Å². The highest BCUT2D eigenvalue weighted by atomic mass is 16.3. The molecule has 4 nitrogen and oxygen atoms in total. The van der Waals surface area contributed by atoms with E-state index in [1.807, 2.05) is 0 Å². The Bertz CT molecular complexity index is 373. The zero-order valence-corrected chi connectivity index (χ0v) is 9.31. The number of nitrogens with zero attached hydrogens (tertiary/aromatic N) is 1. The van der Waals surface area contributed by atoms with Crippen LogP contribution in [0.3, 0.4) is 0 Å². The molecule has 0 aromatic carbocycles. The van der Waals surface area contributed by atoms with Crippen molar-refractivity contribution in [2.75, 3.05) is 7.05 Å². The van der Waals surface area contributed by atoms with Crippen molar-refractivity contribution in [3.63, 3.8) is 0 Å². The van der Waals surface area contributed by atoms with Crippen LogP contribution in [0.4, 0.5) is 0 Å². The molecule has 1 aliphatic rings. The average molecular weight is 221 g/mol. The van der Waals surface area contributed by atoms with Gasteiger partial charge in [0.15, 0.2) is 5.76 Å². The molecule has 2 rings (SSSR count). The van der Waals surface area contributed by atoms with Gasteiger partial charge in [-0.3, -0.25) is 9.59 Å². The summed E-state index contributed by atoms with van der Waals surface area (Å²) in [5, 5.41) is 0. The molecule has 0 unspecified atom stereocenters. The van der Waals surface area contributed by atoms with E-state index in [9.17, 15) is 9.59 Å². The van der Waals surface area contributed by atoms with Crippen molar-refractivity contribution in [2.45, 2.75) is 31.7 Å². The molecule has 4 heteroatoms. The van der Waals surface area contributed by atoms with Gasteiger partial charge in [-0.05, 0) is 25.0 Å². The van der Waals surface area contributed by atoms with Crippen LogP contribution < -0.4 is 0 Å². The third-order valence-electron chi connectivity index (χ3n) is 3.11. The lowest BCUT2D eigenvalue weighted by molar-refractivity contribution is -0.121. The van der Waals surface area contributed by atoms with Gasteiger partial charge in [0, 0.05) is 25.9 Å². The molecule has 0 spiro atoms. The summed E-state index contributed by atoms with van der Waals surface area (Å²) in [7, 11) is 1.77. The Morgan fingerprint density at radius 1 is 1.44 bits per heavy atom. The van der Waals surface area contributed by atoms with Crippen LogP contribution in [0.1, 0.15) is 36.2 Å². The minimum absolute atomic E-state index is 0.107. The summed E-state index contributed by atoms with van der Waals surface area (Å²) < 4.78 is 5.07. The maximum Gasteiger partial charge on any atom is 0.289 e. The molecule has 1 fully saturated rings. The monoisotopic (exact) mass is 221 g/mol. The lowest BCUT2D eigenvalue weighted by atomic mass is 9.93. The summed E-state index contributed by atoms with van der Waals surface area (Å²) in [4.78, 5) is 24.7. The van der Waals surface area contributed by atoms with Crippen molar-refractivity contribution < 1.29 is 14.0 Å². The minimum atomic E-state index is -0.107. The summed E-state index contributed by atoms with van der Waals surface area (Å²) in [5.41, 5.74) is 0.